The van der Waals surface area contributed by atoms with Gasteiger partial charge in [0.15, 0.2) is 0 Å². The van der Waals surface area contributed by atoms with Crippen molar-refractivity contribution in [2.45, 2.75) is 38.1 Å². The third kappa shape index (κ3) is 4.59. The van der Waals surface area contributed by atoms with Crippen molar-refractivity contribution in [3.63, 3.8) is 0 Å². The minimum atomic E-state index is -0.359. The number of anilines is 1. The van der Waals surface area contributed by atoms with Crippen LogP contribution in [0.2, 0.25) is 0 Å². The fourth-order valence-corrected chi connectivity index (χ4v) is 3.06. The highest BCUT2D eigenvalue weighted by atomic mass is 16.5. The van der Waals surface area contributed by atoms with Crippen LogP contribution in [0.1, 0.15) is 53.1 Å². The lowest BCUT2D eigenvalue weighted by atomic mass is 9.95. The second-order valence-corrected chi connectivity index (χ2v) is 6.40. The summed E-state index contributed by atoms with van der Waals surface area (Å²) in [6.45, 7) is 0. The van der Waals surface area contributed by atoms with Crippen molar-refractivity contribution >= 4 is 17.5 Å². The summed E-state index contributed by atoms with van der Waals surface area (Å²) < 4.78 is 5.09. The number of hydrogen-bond donors (Lipinski definition) is 2. The van der Waals surface area contributed by atoms with E-state index >= 15 is 0 Å². The molecule has 136 valence electrons. The normalized spacial score (nSPS) is 14.5. The molecule has 1 aromatic carbocycles. The Bertz CT molecular complexity index is 768. The van der Waals surface area contributed by atoms with E-state index in [-0.39, 0.29) is 29.2 Å². The third-order valence-electron chi connectivity index (χ3n) is 4.50. The molecule has 1 aromatic heterocycles. The fraction of sp³-hybridized carbons (Fsp3) is 0.350. The zero-order valence-corrected chi connectivity index (χ0v) is 14.8. The number of amides is 2. The Labute approximate surface area is 153 Å². The van der Waals surface area contributed by atoms with Crippen molar-refractivity contribution in [3.05, 3.63) is 53.9 Å². The van der Waals surface area contributed by atoms with Crippen molar-refractivity contribution in [2.75, 3.05) is 12.4 Å². The second kappa shape index (κ2) is 8.47. The van der Waals surface area contributed by atoms with E-state index in [9.17, 15) is 9.59 Å². The summed E-state index contributed by atoms with van der Waals surface area (Å²) in [7, 11) is 1.58. The van der Waals surface area contributed by atoms with Gasteiger partial charge in [-0.05, 0) is 49.2 Å². The van der Waals surface area contributed by atoms with E-state index in [4.69, 9.17) is 4.74 Å². The molecule has 1 aliphatic carbocycles. The molecule has 0 aliphatic heterocycles. The summed E-state index contributed by atoms with van der Waals surface area (Å²) in [5, 5.41) is 5.78. The molecule has 6 heteroatoms. The maximum Gasteiger partial charge on any atom is 0.274 e. The first-order valence-corrected chi connectivity index (χ1v) is 8.89. The molecule has 1 heterocycles. The van der Waals surface area contributed by atoms with Crippen LogP contribution in [0.25, 0.3) is 0 Å². The summed E-state index contributed by atoms with van der Waals surface area (Å²) in [5.41, 5.74) is 1.10. The predicted octanol–water partition coefficient (Wildman–Crippen LogP) is 3.41. The first-order valence-electron chi connectivity index (χ1n) is 8.89. The van der Waals surface area contributed by atoms with E-state index in [0.717, 1.165) is 25.7 Å². The van der Waals surface area contributed by atoms with Gasteiger partial charge in [0.05, 0.1) is 7.11 Å². The van der Waals surface area contributed by atoms with Crippen LogP contribution in [0.15, 0.2) is 42.5 Å². The molecule has 1 aliphatic rings. The van der Waals surface area contributed by atoms with E-state index in [2.05, 4.69) is 15.6 Å². The van der Waals surface area contributed by atoms with E-state index in [1.54, 1.807) is 49.6 Å². The average molecular weight is 353 g/mol. The smallest absolute Gasteiger partial charge is 0.274 e. The van der Waals surface area contributed by atoms with Crippen LogP contribution in [0.3, 0.4) is 0 Å². The van der Waals surface area contributed by atoms with Gasteiger partial charge < -0.3 is 15.4 Å². The molecule has 3 rings (SSSR count). The quantitative estimate of drug-likeness (QED) is 0.863. The molecule has 6 nitrogen and oxygen atoms in total. The van der Waals surface area contributed by atoms with Crippen molar-refractivity contribution < 1.29 is 14.3 Å². The van der Waals surface area contributed by atoms with Crippen LogP contribution in [0, 0.1) is 0 Å². The van der Waals surface area contributed by atoms with Crippen molar-refractivity contribution in [1.29, 1.82) is 0 Å². The molecule has 2 N–H and O–H groups in total. The summed E-state index contributed by atoms with van der Waals surface area (Å²) in [4.78, 5) is 29.0. The third-order valence-corrected chi connectivity index (χ3v) is 4.50. The highest BCUT2D eigenvalue weighted by Gasteiger charge is 2.18. The van der Waals surface area contributed by atoms with E-state index < -0.39 is 0 Å². The van der Waals surface area contributed by atoms with Gasteiger partial charge in [0.2, 0.25) is 0 Å². The Hall–Kier alpha value is -2.89. The number of ether oxygens (including phenoxy) is 1. The number of nitrogens with one attached hydrogen (secondary N) is 2. The van der Waals surface area contributed by atoms with Crippen molar-refractivity contribution in [3.8, 4) is 5.75 Å². The van der Waals surface area contributed by atoms with Crippen LogP contribution in [-0.4, -0.2) is 29.9 Å². The van der Waals surface area contributed by atoms with Crippen LogP contribution < -0.4 is 15.4 Å². The standard InChI is InChI=1S/C20H23N3O3/c1-26-16-12-10-15(11-13-16)22-20(25)18-9-5-8-17(23-18)19(24)21-14-6-3-2-4-7-14/h5,8-14H,2-4,6-7H2,1H3,(H,21,24)(H,22,25). The molecule has 0 atom stereocenters. The first-order chi connectivity index (χ1) is 12.7. The predicted molar refractivity (Wildman–Crippen MR) is 99.5 cm³/mol. The van der Waals surface area contributed by atoms with Gasteiger partial charge in [-0.15, -0.1) is 0 Å². The summed E-state index contributed by atoms with van der Waals surface area (Å²) in [6, 6.07) is 12.1. The van der Waals surface area contributed by atoms with Crippen molar-refractivity contribution in [2.24, 2.45) is 0 Å². The maximum absolute atomic E-state index is 12.4. The largest absolute Gasteiger partial charge is 0.497 e. The van der Waals surface area contributed by atoms with E-state index in [1.165, 1.54) is 6.42 Å². The summed E-state index contributed by atoms with van der Waals surface area (Å²) in [6.07, 6.45) is 5.52. The molecule has 26 heavy (non-hydrogen) atoms. The van der Waals surface area contributed by atoms with E-state index in [1.807, 2.05) is 0 Å². The Morgan fingerprint density at radius 1 is 0.962 bits per heavy atom. The van der Waals surface area contributed by atoms with Crippen LogP contribution in [0.5, 0.6) is 5.75 Å². The highest BCUT2D eigenvalue weighted by Crippen LogP contribution is 2.18. The molecule has 2 amide bonds. The summed E-state index contributed by atoms with van der Waals surface area (Å²) >= 11 is 0. The molecule has 0 radical (unpaired) electrons. The first kappa shape index (κ1) is 17.9. The topological polar surface area (TPSA) is 80.3 Å². The number of benzene rings is 1. The van der Waals surface area contributed by atoms with Crippen LogP contribution in [0.4, 0.5) is 5.69 Å². The van der Waals surface area contributed by atoms with Gasteiger partial charge in [-0.3, -0.25) is 9.59 Å². The molecule has 1 saturated carbocycles. The lowest BCUT2D eigenvalue weighted by Crippen LogP contribution is -2.36. The molecule has 2 aromatic rings. The van der Waals surface area contributed by atoms with Crippen molar-refractivity contribution in [1.82, 2.24) is 10.3 Å². The van der Waals surface area contributed by atoms with Gasteiger partial charge in [0.25, 0.3) is 11.8 Å². The number of rotatable bonds is 5. The molecule has 0 bridgehead atoms. The Kier molecular flexibility index (Phi) is 5.84. The minimum absolute atomic E-state index is 0.204. The highest BCUT2D eigenvalue weighted by molar-refractivity contribution is 6.03. The molecule has 0 saturated heterocycles. The van der Waals surface area contributed by atoms with Gasteiger partial charge in [0, 0.05) is 11.7 Å². The number of methoxy groups -OCH3 is 1. The van der Waals surface area contributed by atoms with Gasteiger partial charge >= 0.3 is 0 Å². The monoisotopic (exact) mass is 353 g/mol. The number of hydrogen-bond acceptors (Lipinski definition) is 4. The second-order valence-electron chi connectivity index (χ2n) is 6.40. The van der Waals surface area contributed by atoms with E-state index in [0.29, 0.717) is 11.4 Å². The Morgan fingerprint density at radius 2 is 1.62 bits per heavy atom. The molecular weight excluding hydrogens is 330 g/mol. The van der Waals surface area contributed by atoms with Crippen LogP contribution in [-0.2, 0) is 0 Å². The van der Waals surface area contributed by atoms with Crippen LogP contribution >= 0.6 is 0 Å². The fourth-order valence-electron chi connectivity index (χ4n) is 3.06. The SMILES string of the molecule is COc1ccc(NC(=O)c2cccc(C(=O)NC3CCCCC3)n2)cc1. The molecule has 0 unspecified atom stereocenters. The van der Waals surface area contributed by atoms with Gasteiger partial charge in [0.1, 0.15) is 17.1 Å². The lowest BCUT2D eigenvalue weighted by Gasteiger charge is -2.22. The van der Waals surface area contributed by atoms with Gasteiger partial charge in [-0.1, -0.05) is 25.3 Å². The Balaban J connectivity index is 1.65. The molecular formula is C20H23N3O3. The lowest BCUT2D eigenvalue weighted by molar-refractivity contribution is 0.0922. The summed E-state index contributed by atoms with van der Waals surface area (Å²) in [5.74, 6) is 0.126. The molecule has 1 fully saturated rings. The number of aromatic nitrogens is 1. The average Bonchev–Trinajstić information content (AvgIpc) is 2.69. The number of carbonyl (C=O) groups is 2. The number of pyridine rings is 1. The maximum atomic E-state index is 12.4. The molecule has 0 spiro atoms. The zero-order chi connectivity index (χ0) is 18.4. The number of nitrogens with zero attached hydrogens (tertiary/aromatic N) is 1. The Morgan fingerprint density at radius 3 is 2.27 bits per heavy atom. The zero-order valence-electron chi connectivity index (χ0n) is 14.8. The van der Waals surface area contributed by atoms with Gasteiger partial charge in [-0.25, -0.2) is 4.98 Å². The number of carbonyl (C=O) groups excluding carboxylic acids is 2. The van der Waals surface area contributed by atoms with Gasteiger partial charge in [-0.2, -0.15) is 0 Å². The minimum Gasteiger partial charge on any atom is -0.497 e.